The van der Waals surface area contributed by atoms with E-state index in [1.54, 1.807) is 35.9 Å². The molecule has 5 nitrogen and oxygen atoms in total. The van der Waals surface area contributed by atoms with Crippen LogP contribution in [0.4, 0.5) is 0 Å². The third-order valence-electron chi connectivity index (χ3n) is 6.41. The molecule has 2 aromatic heterocycles. The van der Waals surface area contributed by atoms with Crippen LogP contribution in [0.3, 0.4) is 0 Å². The normalized spacial score (nSPS) is 18.0. The van der Waals surface area contributed by atoms with E-state index in [1.165, 1.54) is 10.4 Å². The van der Waals surface area contributed by atoms with Crippen LogP contribution in [0.5, 0.6) is 0 Å². The lowest BCUT2D eigenvalue weighted by atomic mass is 9.78. The first-order valence-electron chi connectivity index (χ1n) is 11.2. The molecule has 1 aromatic carbocycles. The van der Waals surface area contributed by atoms with Crippen LogP contribution in [0.2, 0.25) is 0 Å². The standard InChI is InChI=1S/C26H29N3O2S/c1-3-28(4-2)25(31)26(13-16-29(19-26)24(30)20-11-14-27-15-12-20)18-21-8-5-6-9-22(21)23-10-7-17-32-23/h5-12,14-15,17H,3-4,13,16,18-19H2,1-2H3/t26-/m0/s1. The van der Waals surface area contributed by atoms with Gasteiger partial charge in [-0.15, -0.1) is 11.3 Å². The van der Waals surface area contributed by atoms with Crippen molar-refractivity contribution in [3.63, 3.8) is 0 Å². The highest BCUT2D eigenvalue weighted by atomic mass is 32.1. The van der Waals surface area contributed by atoms with Crippen molar-refractivity contribution in [3.05, 3.63) is 77.4 Å². The lowest BCUT2D eigenvalue weighted by molar-refractivity contribution is -0.141. The average molecular weight is 448 g/mol. The summed E-state index contributed by atoms with van der Waals surface area (Å²) in [5.74, 6) is 0.113. The van der Waals surface area contributed by atoms with Gasteiger partial charge < -0.3 is 9.80 Å². The number of thiophene rings is 1. The number of carbonyl (C=O) groups is 2. The molecule has 4 rings (SSSR count). The molecule has 0 saturated carbocycles. The summed E-state index contributed by atoms with van der Waals surface area (Å²) < 4.78 is 0. The predicted molar refractivity (Wildman–Crippen MR) is 129 cm³/mol. The van der Waals surface area contributed by atoms with E-state index in [2.05, 4.69) is 34.6 Å². The van der Waals surface area contributed by atoms with Gasteiger partial charge in [-0.3, -0.25) is 14.6 Å². The first kappa shape index (κ1) is 22.2. The lowest BCUT2D eigenvalue weighted by Crippen LogP contribution is -2.47. The Morgan fingerprint density at radius 3 is 2.50 bits per heavy atom. The van der Waals surface area contributed by atoms with Crippen LogP contribution in [0.25, 0.3) is 10.4 Å². The minimum absolute atomic E-state index is 0.0341. The van der Waals surface area contributed by atoms with Crippen molar-refractivity contribution in [1.82, 2.24) is 14.8 Å². The van der Waals surface area contributed by atoms with Gasteiger partial charge in [-0.05, 0) is 61.4 Å². The fraction of sp³-hybridized carbons (Fsp3) is 0.346. The van der Waals surface area contributed by atoms with Gasteiger partial charge in [-0.25, -0.2) is 0 Å². The Labute approximate surface area is 193 Å². The van der Waals surface area contributed by atoms with Crippen molar-refractivity contribution < 1.29 is 9.59 Å². The molecule has 0 aliphatic carbocycles. The molecule has 3 heterocycles. The largest absolute Gasteiger partial charge is 0.343 e. The first-order valence-corrected chi connectivity index (χ1v) is 12.1. The van der Waals surface area contributed by atoms with Crippen LogP contribution in [-0.2, 0) is 11.2 Å². The van der Waals surface area contributed by atoms with Gasteiger partial charge in [0.05, 0.1) is 5.41 Å². The van der Waals surface area contributed by atoms with Crippen LogP contribution >= 0.6 is 11.3 Å². The highest BCUT2D eigenvalue weighted by Crippen LogP contribution is 2.40. The van der Waals surface area contributed by atoms with Crippen molar-refractivity contribution in [2.45, 2.75) is 26.7 Å². The Kier molecular flexibility index (Phi) is 6.70. The minimum Gasteiger partial charge on any atom is -0.343 e. The molecule has 1 aliphatic rings. The molecule has 1 aliphatic heterocycles. The Balaban J connectivity index is 1.68. The molecule has 32 heavy (non-hydrogen) atoms. The fourth-order valence-electron chi connectivity index (χ4n) is 4.67. The third kappa shape index (κ3) is 4.32. The Hall–Kier alpha value is -2.99. The van der Waals surface area contributed by atoms with Crippen LogP contribution in [0, 0.1) is 5.41 Å². The highest BCUT2D eigenvalue weighted by Gasteiger charge is 2.47. The molecule has 0 N–H and O–H groups in total. The molecule has 1 fully saturated rings. The predicted octanol–water partition coefficient (Wildman–Crippen LogP) is 4.75. The molecular weight excluding hydrogens is 418 g/mol. The Morgan fingerprint density at radius 2 is 1.81 bits per heavy atom. The number of benzene rings is 1. The summed E-state index contributed by atoms with van der Waals surface area (Å²) >= 11 is 1.71. The van der Waals surface area contributed by atoms with Crippen LogP contribution in [0.15, 0.2) is 66.3 Å². The molecule has 2 amide bonds. The third-order valence-corrected chi connectivity index (χ3v) is 7.31. The zero-order valence-electron chi connectivity index (χ0n) is 18.7. The van der Waals surface area contributed by atoms with E-state index in [9.17, 15) is 9.59 Å². The molecule has 0 bridgehead atoms. The van der Waals surface area contributed by atoms with E-state index in [0.29, 0.717) is 44.6 Å². The summed E-state index contributed by atoms with van der Waals surface area (Å²) in [4.78, 5) is 35.9. The van der Waals surface area contributed by atoms with Gasteiger partial charge in [-0.1, -0.05) is 30.3 Å². The summed E-state index contributed by atoms with van der Waals surface area (Å²) in [6.45, 7) is 6.38. The molecule has 6 heteroatoms. The van der Waals surface area contributed by atoms with Gasteiger partial charge in [-0.2, -0.15) is 0 Å². The van der Waals surface area contributed by atoms with E-state index < -0.39 is 5.41 Å². The number of pyridine rings is 1. The molecule has 1 atom stereocenters. The van der Waals surface area contributed by atoms with Crippen molar-refractivity contribution in [2.75, 3.05) is 26.2 Å². The topological polar surface area (TPSA) is 53.5 Å². The quantitative estimate of drug-likeness (QED) is 0.525. The minimum atomic E-state index is -0.623. The number of likely N-dealkylation sites (tertiary alicyclic amines) is 1. The van der Waals surface area contributed by atoms with Crippen LogP contribution in [0.1, 0.15) is 36.2 Å². The summed E-state index contributed by atoms with van der Waals surface area (Å²) in [5, 5.41) is 2.08. The summed E-state index contributed by atoms with van der Waals surface area (Å²) in [6.07, 6.45) is 4.55. The summed E-state index contributed by atoms with van der Waals surface area (Å²) in [7, 11) is 0. The monoisotopic (exact) mass is 447 g/mol. The number of nitrogens with zero attached hydrogens (tertiary/aromatic N) is 3. The second-order valence-corrected chi connectivity index (χ2v) is 9.23. The smallest absolute Gasteiger partial charge is 0.253 e. The lowest BCUT2D eigenvalue weighted by Gasteiger charge is -2.34. The zero-order valence-corrected chi connectivity index (χ0v) is 19.5. The van der Waals surface area contributed by atoms with E-state index in [1.807, 2.05) is 35.8 Å². The second kappa shape index (κ2) is 9.65. The van der Waals surface area contributed by atoms with Crippen molar-refractivity contribution in [1.29, 1.82) is 0 Å². The molecule has 1 saturated heterocycles. The molecule has 3 aromatic rings. The molecule has 0 radical (unpaired) electrons. The van der Waals surface area contributed by atoms with Gasteiger partial charge in [0.1, 0.15) is 0 Å². The van der Waals surface area contributed by atoms with Crippen LogP contribution in [-0.4, -0.2) is 52.8 Å². The van der Waals surface area contributed by atoms with Gasteiger partial charge in [0.15, 0.2) is 0 Å². The summed E-state index contributed by atoms with van der Waals surface area (Å²) in [6, 6.07) is 16.0. The zero-order chi connectivity index (χ0) is 22.6. The van der Waals surface area contributed by atoms with E-state index in [0.717, 1.165) is 5.56 Å². The van der Waals surface area contributed by atoms with Gasteiger partial charge in [0.25, 0.3) is 5.91 Å². The molecule has 0 unspecified atom stereocenters. The van der Waals surface area contributed by atoms with Crippen molar-refractivity contribution in [3.8, 4) is 10.4 Å². The number of rotatable bonds is 7. The van der Waals surface area contributed by atoms with E-state index in [-0.39, 0.29) is 11.8 Å². The maximum Gasteiger partial charge on any atom is 0.253 e. The Morgan fingerprint density at radius 1 is 1.06 bits per heavy atom. The van der Waals surface area contributed by atoms with Crippen molar-refractivity contribution in [2.24, 2.45) is 5.41 Å². The number of amides is 2. The highest BCUT2D eigenvalue weighted by molar-refractivity contribution is 7.13. The molecule has 166 valence electrons. The average Bonchev–Trinajstić information content (AvgIpc) is 3.52. The number of hydrogen-bond donors (Lipinski definition) is 0. The van der Waals surface area contributed by atoms with Crippen molar-refractivity contribution >= 4 is 23.2 Å². The fourth-order valence-corrected chi connectivity index (χ4v) is 5.46. The number of aromatic nitrogens is 1. The van der Waals surface area contributed by atoms with Gasteiger partial charge >= 0.3 is 0 Å². The van der Waals surface area contributed by atoms with E-state index >= 15 is 0 Å². The van der Waals surface area contributed by atoms with Gasteiger partial charge in [0, 0.05) is 49.0 Å². The van der Waals surface area contributed by atoms with Gasteiger partial charge in [0.2, 0.25) is 5.91 Å². The SMILES string of the molecule is CCN(CC)C(=O)[C@]1(Cc2ccccc2-c2cccs2)CCN(C(=O)c2ccncc2)C1. The van der Waals surface area contributed by atoms with Crippen LogP contribution < -0.4 is 0 Å². The number of hydrogen-bond acceptors (Lipinski definition) is 4. The summed E-state index contributed by atoms with van der Waals surface area (Å²) in [5.41, 5.74) is 2.33. The molecule has 0 spiro atoms. The molecular formula is C26H29N3O2S. The number of carbonyl (C=O) groups excluding carboxylic acids is 2. The maximum atomic E-state index is 13.8. The first-order chi connectivity index (χ1) is 15.6. The Bertz CT molecular complexity index is 1060. The maximum absolute atomic E-state index is 13.8. The van der Waals surface area contributed by atoms with E-state index in [4.69, 9.17) is 0 Å². The second-order valence-electron chi connectivity index (χ2n) is 8.28.